The number of hydrogen-bond donors (Lipinski definition) is 1. The third-order valence-corrected chi connectivity index (χ3v) is 4.79. The lowest BCUT2D eigenvalue weighted by molar-refractivity contribution is -0.426. The molecule has 3 rings (SSSR count). The molecule has 2 aromatic rings. The maximum atomic E-state index is 9.54. The maximum Gasteiger partial charge on any atom is 0.209 e. The number of methoxy groups -OCH3 is 1. The number of para-hydroxylation sites is 1. The van der Waals surface area contributed by atoms with Crippen LogP contribution in [0, 0.1) is 18.3 Å². The van der Waals surface area contributed by atoms with Gasteiger partial charge in [0.1, 0.15) is 17.6 Å². The molecule has 1 aliphatic heterocycles. The average Bonchev–Trinajstić information content (AvgIpc) is 2.94. The molecule has 2 heterocycles. The zero-order valence-electron chi connectivity index (χ0n) is 16.4. The molecule has 1 aliphatic rings. The molecule has 0 bridgehead atoms. The van der Waals surface area contributed by atoms with Crippen LogP contribution >= 0.6 is 0 Å². The van der Waals surface area contributed by atoms with Gasteiger partial charge in [0.25, 0.3) is 0 Å². The second-order valence-electron chi connectivity index (χ2n) is 6.66. The normalized spacial score (nSPS) is 15.6. The molecule has 1 aromatic heterocycles. The van der Waals surface area contributed by atoms with Crippen molar-refractivity contribution in [2.24, 2.45) is 5.10 Å². The van der Waals surface area contributed by atoms with Crippen LogP contribution in [0.4, 0.5) is 11.5 Å². The van der Waals surface area contributed by atoms with Crippen LogP contribution in [0.25, 0.3) is 0 Å². The molecular weight excluding hydrogens is 350 g/mol. The number of hydrazone groups is 1. The molecule has 0 aliphatic carbocycles. The Hall–Kier alpha value is -3.30. The molecule has 6 nitrogen and oxygen atoms in total. The Balaban J connectivity index is 1.90. The SMILES string of the molecule is C=CC[N+]1=C(C)C(/C=N\Nc2nc(C)cc(COC)c2C#N)c2ccccc21. The molecule has 1 atom stereocenters. The average molecular weight is 374 g/mol. The van der Waals surface area contributed by atoms with Crippen LogP contribution in [0.5, 0.6) is 0 Å². The summed E-state index contributed by atoms with van der Waals surface area (Å²) in [5, 5.41) is 14.0. The molecule has 0 spiro atoms. The summed E-state index contributed by atoms with van der Waals surface area (Å²) in [5.74, 6) is 0.495. The maximum absolute atomic E-state index is 9.54. The number of nitriles is 1. The van der Waals surface area contributed by atoms with Crippen molar-refractivity contribution >= 4 is 23.4 Å². The highest BCUT2D eigenvalue weighted by Gasteiger charge is 2.34. The number of benzene rings is 1. The number of fused-ring (bicyclic) bond motifs is 1. The van der Waals surface area contributed by atoms with Crippen LogP contribution in [0.1, 0.15) is 35.2 Å². The molecule has 28 heavy (non-hydrogen) atoms. The molecule has 0 radical (unpaired) electrons. The number of hydrogen-bond acceptors (Lipinski definition) is 5. The van der Waals surface area contributed by atoms with Gasteiger partial charge < -0.3 is 4.74 Å². The number of nitrogens with zero attached hydrogens (tertiary/aromatic N) is 4. The van der Waals surface area contributed by atoms with Crippen LogP contribution in [0.3, 0.4) is 0 Å². The Kier molecular flexibility index (Phi) is 5.97. The highest BCUT2D eigenvalue weighted by molar-refractivity contribution is 6.03. The van der Waals surface area contributed by atoms with Crippen molar-refractivity contribution in [2.45, 2.75) is 26.4 Å². The zero-order valence-corrected chi connectivity index (χ0v) is 16.4. The van der Waals surface area contributed by atoms with E-state index < -0.39 is 0 Å². The van der Waals surface area contributed by atoms with E-state index in [9.17, 15) is 5.26 Å². The van der Waals surface area contributed by atoms with Gasteiger partial charge in [0.15, 0.2) is 18.1 Å². The van der Waals surface area contributed by atoms with Crippen LogP contribution in [-0.4, -0.2) is 35.1 Å². The lowest BCUT2D eigenvalue weighted by atomic mass is 9.98. The number of pyridine rings is 1. The first-order valence-electron chi connectivity index (χ1n) is 9.10. The van der Waals surface area contributed by atoms with E-state index in [1.807, 2.05) is 37.4 Å². The number of aromatic nitrogens is 1. The second kappa shape index (κ2) is 8.59. The minimum absolute atomic E-state index is 0.0532. The van der Waals surface area contributed by atoms with E-state index in [1.54, 1.807) is 7.11 Å². The van der Waals surface area contributed by atoms with Crippen molar-refractivity contribution in [1.29, 1.82) is 5.26 Å². The van der Waals surface area contributed by atoms with Gasteiger partial charge in [-0.05, 0) is 19.1 Å². The van der Waals surface area contributed by atoms with E-state index in [-0.39, 0.29) is 5.92 Å². The Morgan fingerprint density at radius 2 is 2.18 bits per heavy atom. The molecule has 1 unspecified atom stereocenters. The first kappa shape index (κ1) is 19.5. The largest absolute Gasteiger partial charge is 0.380 e. The van der Waals surface area contributed by atoms with E-state index in [0.29, 0.717) is 18.0 Å². The summed E-state index contributed by atoms with van der Waals surface area (Å²) < 4.78 is 7.43. The van der Waals surface area contributed by atoms with Crippen molar-refractivity contribution in [3.8, 4) is 6.07 Å². The van der Waals surface area contributed by atoms with Gasteiger partial charge in [-0.25, -0.2) is 4.98 Å². The summed E-state index contributed by atoms with van der Waals surface area (Å²) in [4.78, 5) is 4.43. The smallest absolute Gasteiger partial charge is 0.209 e. The molecule has 1 N–H and O–H groups in total. The fourth-order valence-corrected chi connectivity index (χ4v) is 3.53. The Morgan fingerprint density at radius 3 is 2.89 bits per heavy atom. The fourth-order valence-electron chi connectivity index (χ4n) is 3.53. The monoisotopic (exact) mass is 374 g/mol. The quantitative estimate of drug-likeness (QED) is 0.345. The highest BCUT2D eigenvalue weighted by atomic mass is 16.5. The number of ether oxygens (including phenoxy) is 1. The van der Waals surface area contributed by atoms with Crippen LogP contribution in [0.15, 0.2) is 48.1 Å². The van der Waals surface area contributed by atoms with Crippen LogP contribution in [-0.2, 0) is 11.3 Å². The van der Waals surface area contributed by atoms with Crippen molar-refractivity contribution in [2.75, 3.05) is 19.1 Å². The van der Waals surface area contributed by atoms with Gasteiger partial charge in [0.2, 0.25) is 5.69 Å². The zero-order chi connectivity index (χ0) is 20.1. The topological polar surface area (TPSA) is 73.3 Å². The molecule has 0 saturated carbocycles. The molecule has 0 saturated heterocycles. The lowest BCUT2D eigenvalue weighted by Gasteiger charge is -2.09. The van der Waals surface area contributed by atoms with Gasteiger partial charge in [0, 0.05) is 43.1 Å². The predicted octanol–water partition coefficient (Wildman–Crippen LogP) is 3.89. The molecule has 0 fully saturated rings. The van der Waals surface area contributed by atoms with Gasteiger partial charge in [0.05, 0.1) is 6.61 Å². The van der Waals surface area contributed by atoms with Gasteiger partial charge in [-0.3, -0.25) is 5.43 Å². The van der Waals surface area contributed by atoms with E-state index in [4.69, 9.17) is 4.74 Å². The summed E-state index contributed by atoms with van der Waals surface area (Å²) in [6.07, 6.45) is 3.75. The highest BCUT2D eigenvalue weighted by Crippen LogP contribution is 2.33. The van der Waals surface area contributed by atoms with Crippen LogP contribution in [0.2, 0.25) is 0 Å². The molecule has 142 valence electrons. The Bertz CT molecular complexity index is 1000. The van der Waals surface area contributed by atoms with E-state index in [0.717, 1.165) is 17.8 Å². The minimum Gasteiger partial charge on any atom is -0.380 e. The summed E-state index contributed by atoms with van der Waals surface area (Å²) in [6.45, 7) is 8.94. The van der Waals surface area contributed by atoms with Crippen molar-refractivity contribution in [3.05, 3.63) is 65.4 Å². The lowest BCUT2D eigenvalue weighted by Crippen LogP contribution is -2.15. The Morgan fingerprint density at radius 1 is 1.39 bits per heavy atom. The molecule has 1 aromatic carbocycles. The number of aryl methyl sites for hydroxylation is 1. The van der Waals surface area contributed by atoms with Crippen molar-refractivity contribution < 1.29 is 9.31 Å². The third kappa shape index (κ3) is 3.71. The van der Waals surface area contributed by atoms with Gasteiger partial charge >= 0.3 is 0 Å². The fraction of sp³-hybridized carbons (Fsp3) is 0.273. The summed E-state index contributed by atoms with van der Waals surface area (Å²) in [7, 11) is 1.60. The molecule has 0 amide bonds. The molecular formula is C22H24N5O+. The van der Waals surface area contributed by atoms with Crippen LogP contribution < -0.4 is 5.43 Å². The van der Waals surface area contributed by atoms with E-state index >= 15 is 0 Å². The van der Waals surface area contributed by atoms with E-state index in [1.165, 1.54) is 17.0 Å². The first-order valence-corrected chi connectivity index (χ1v) is 9.10. The number of anilines is 1. The first-order chi connectivity index (χ1) is 13.6. The Labute approximate surface area is 165 Å². The molecule has 6 heteroatoms. The summed E-state index contributed by atoms with van der Waals surface area (Å²) in [6, 6.07) is 12.3. The third-order valence-electron chi connectivity index (χ3n) is 4.79. The summed E-state index contributed by atoms with van der Waals surface area (Å²) in [5.41, 5.74) is 8.56. The van der Waals surface area contributed by atoms with Crippen molar-refractivity contribution in [1.82, 2.24) is 4.98 Å². The van der Waals surface area contributed by atoms with E-state index in [2.05, 4.69) is 51.8 Å². The predicted molar refractivity (Wildman–Crippen MR) is 111 cm³/mol. The number of rotatable bonds is 7. The second-order valence-corrected chi connectivity index (χ2v) is 6.66. The van der Waals surface area contributed by atoms with Gasteiger partial charge in [-0.1, -0.05) is 24.8 Å². The standard InChI is InChI=1S/C22H24N5O/c1-5-10-27-16(3)20(18-8-6-7-9-21(18)27)13-24-26-22-19(12-23)17(14-28-4)11-15(2)25-22/h5-9,11,13,20H,1,10,14H2,2-4H3,(H,25,26)/q+1/b24-13-. The summed E-state index contributed by atoms with van der Waals surface area (Å²) >= 11 is 0. The van der Waals surface area contributed by atoms with Crippen molar-refractivity contribution in [3.63, 3.8) is 0 Å². The minimum atomic E-state index is 0.0532. The van der Waals surface area contributed by atoms with Gasteiger partial charge in [-0.2, -0.15) is 14.9 Å². The van der Waals surface area contributed by atoms with Gasteiger partial charge in [-0.15, -0.1) is 0 Å². The number of nitrogens with one attached hydrogen (secondary N) is 1.